The van der Waals surface area contributed by atoms with Crippen LogP contribution < -0.4 is 4.90 Å². The van der Waals surface area contributed by atoms with Gasteiger partial charge in [-0.25, -0.2) is 4.90 Å². The summed E-state index contributed by atoms with van der Waals surface area (Å²) in [5.74, 6) is -0.470. The van der Waals surface area contributed by atoms with Gasteiger partial charge >= 0.3 is 0 Å². The molecule has 2 rings (SSSR count). The highest BCUT2D eigenvalue weighted by Crippen LogP contribution is 2.18. The van der Waals surface area contributed by atoms with Gasteiger partial charge in [-0.3, -0.25) is 9.59 Å². The Morgan fingerprint density at radius 3 is 2.50 bits per heavy atom. The minimum atomic E-state index is -0.372. The molecule has 0 aromatic carbocycles. The summed E-state index contributed by atoms with van der Waals surface area (Å²) >= 11 is 0. The second-order valence-corrected chi connectivity index (χ2v) is 3.05. The fourth-order valence-corrected chi connectivity index (χ4v) is 1.26. The number of carbonyl (C=O) groups excluding carboxylic acids is 2. The number of imide groups is 1. The fourth-order valence-electron chi connectivity index (χ4n) is 1.26. The van der Waals surface area contributed by atoms with Gasteiger partial charge in [-0.05, 0) is 6.92 Å². The molecule has 0 fully saturated rings. The first-order chi connectivity index (χ1) is 6.61. The molecule has 2 heterocycles. The van der Waals surface area contributed by atoms with E-state index in [2.05, 4.69) is 10.2 Å². The standard InChI is InChI=1S/C8H8N4O2/c1-5-3-6(13)12(7(5)14)8-10-9-4-11(8)2/h3-4H,1-2H3. The quantitative estimate of drug-likeness (QED) is 0.569. The van der Waals surface area contributed by atoms with Crippen LogP contribution in [-0.4, -0.2) is 26.6 Å². The van der Waals surface area contributed by atoms with Gasteiger partial charge in [-0.15, -0.1) is 10.2 Å². The zero-order valence-electron chi connectivity index (χ0n) is 7.76. The number of anilines is 1. The number of aromatic nitrogens is 3. The fraction of sp³-hybridized carbons (Fsp3) is 0.250. The molecule has 1 aromatic heterocycles. The van der Waals surface area contributed by atoms with Gasteiger partial charge in [0.05, 0.1) is 0 Å². The van der Waals surface area contributed by atoms with Crippen molar-refractivity contribution < 1.29 is 9.59 Å². The smallest absolute Gasteiger partial charge is 0.263 e. The largest absolute Gasteiger partial charge is 0.302 e. The van der Waals surface area contributed by atoms with Gasteiger partial charge in [0.15, 0.2) is 0 Å². The summed E-state index contributed by atoms with van der Waals surface area (Å²) in [6.45, 7) is 1.59. The molecule has 6 nitrogen and oxygen atoms in total. The second kappa shape index (κ2) is 2.76. The molecular weight excluding hydrogens is 184 g/mol. The molecule has 0 aliphatic carbocycles. The van der Waals surface area contributed by atoms with E-state index in [4.69, 9.17) is 0 Å². The highest BCUT2D eigenvalue weighted by Gasteiger charge is 2.32. The Labute approximate surface area is 79.8 Å². The summed E-state index contributed by atoms with van der Waals surface area (Å²) in [5.41, 5.74) is 0.415. The number of aryl methyl sites for hydroxylation is 1. The van der Waals surface area contributed by atoms with Gasteiger partial charge in [0.1, 0.15) is 6.33 Å². The predicted octanol–water partition coefficient (Wildman–Crippen LogP) is -0.365. The summed E-state index contributed by atoms with van der Waals surface area (Å²) in [5, 5.41) is 7.30. The van der Waals surface area contributed by atoms with E-state index >= 15 is 0 Å². The van der Waals surface area contributed by atoms with E-state index in [9.17, 15) is 9.59 Å². The van der Waals surface area contributed by atoms with E-state index in [1.807, 2.05) is 0 Å². The maximum atomic E-state index is 11.5. The van der Waals surface area contributed by atoms with Crippen LogP contribution in [0.25, 0.3) is 0 Å². The highest BCUT2D eigenvalue weighted by molar-refractivity contribution is 6.29. The van der Waals surface area contributed by atoms with E-state index in [1.165, 1.54) is 17.0 Å². The highest BCUT2D eigenvalue weighted by atomic mass is 16.2. The van der Waals surface area contributed by atoms with Crippen LogP contribution in [0.3, 0.4) is 0 Å². The second-order valence-electron chi connectivity index (χ2n) is 3.05. The third-order valence-corrected chi connectivity index (χ3v) is 1.99. The average Bonchev–Trinajstić information content (AvgIpc) is 2.60. The van der Waals surface area contributed by atoms with Gasteiger partial charge in [-0.2, -0.15) is 0 Å². The Balaban J connectivity index is 2.44. The minimum Gasteiger partial charge on any atom is -0.302 e. The molecule has 1 aromatic rings. The molecular formula is C8H8N4O2. The first-order valence-electron chi connectivity index (χ1n) is 4.02. The third kappa shape index (κ3) is 1.04. The molecule has 0 saturated heterocycles. The van der Waals surface area contributed by atoms with Crippen LogP contribution in [0.15, 0.2) is 18.0 Å². The van der Waals surface area contributed by atoms with Gasteiger partial charge in [-0.1, -0.05) is 0 Å². The molecule has 2 amide bonds. The van der Waals surface area contributed by atoms with Crippen molar-refractivity contribution >= 4 is 17.8 Å². The van der Waals surface area contributed by atoms with Crippen molar-refractivity contribution in [3.8, 4) is 0 Å². The molecule has 0 spiro atoms. The van der Waals surface area contributed by atoms with Crippen molar-refractivity contribution in [1.29, 1.82) is 0 Å². The molecule has 1 aliphatic rings. The molecule has 14 heavy (non-hydrogen) atoms. The van der Waals surface area contributed by atoms with Crippen LogP contribution in [0.1, 0.15) is 6.92 Å². The van der Waals surface area contributed by atoms with Crippen LogP contribution in [0.2, 0.25) is 0 Å². The Bertz CT molecular complexity index is 446. The van der Waals surface area contributed by atoms with Gasteiger partial charge < -0.3 is 4.57 Å². The first-order valence-corrected chi connectivity index (χ1v) is 4.02. The zero-order chi connectivity index (χ0) is 10.3. The molecule has 0 radical (unpaired) electrons. The van der Waals surface area contributed by atoms with Crippen LogP contribution in [-0.2, 0) is 16.6 Å². The summed E-state index contributed by atoms with van der Waals surface area (Å²) in [6.07, 6.45) is 2.72. The number of hydrogen-bond acceptors (Lipinski definition) is 4. The van der Waals surface area contributed by atoms with E-state index in [-0.39, 0.29) is 17.8 Å². The lowest BCUT2D eigenvalue weighted by atomic mass is 10.3. The topological polar surface area (TPSA) is 68.1 Å². The molecule has 0 bridgehead atoms. The average molecular weight is 192 g/mol. The summed E-state index contributed by atoms with van der Waals surface area (Å²) in [4.78, 5) is 23.9. The Kier molecular flexibility index (Phi) is 1.70. The van der Waals surface area contributed by atoms with Crippen LogP contribution >= 0.6 is 0 Å². The number of nitrogens with zero attached hydrogens (tertiary/aromatic N) is 4. The molecule has 0 saturated carbocycles. The molecule has 6 heteroatoms. The molecule has 0 N–H and O–H groups in total. The number of hydrogen-bond donors (Lipinski definition) is 0. The van der Waals surface area contributed by atoms with Crippen molar-refractivity contribution in [3.63, 3.8) is 0 Å². The lowest BCUT2D eigenvalue weighted by Gasteiger charge is -2.11. The van der Waals surface area contributed by atoms with E-state index in [0.29, 0.717) is 5.57 Å². The van der Waals surface area contributed by atoms with Gasteiger partial charge in [0, 0.05) is 18.7 Å². The number of amides is 2. The molecule has 1 aliphatic heterocycles. The predicted molar refractivity (Wildman–Crippen MR) is 47.3 cm³/mol. The van der Waals surface area contributed by atoms with Crippen molar-refractivity contribution in [2.75, 3.05) is 4.90 Å². The van der Waals surface area contributed by atoms with Crippen molar-refractivity contribution in [1.82, 2.24) is 14.8 Å². The normalized spacial score (nSPS) is 16.4. The maximum absolute atomic E-state index is 11.5. The van der Waals surface area contributed by atoms with Crippen LogP contribution in [0, 0.1) is 0 Å². The van der Waals surface area contributed by atoms with E-state index in [0.717, 1.165) is 4.90 Å². The van der Waals surface area contributed by atoms with Crippen LogP contribution in [0.5, 0.6) is 0 Å². The Hall–Kier alpha value is -1.98. The van der Waals surface area contributed by atoms with E-state index < -0.39 is 0 Å². The van der Waals surface area contributed by atoms with E-state index in [1.54, 1.807) is 14.0 Å². The Morgan fingerprint density at radius 2 is 2.07 bits per heavy atom. The van der Waals surface area contributed by atoms with Gasteiger partial charge in [0.25, 0.3) is 11.8 Å². The molecule has 72 valence electrons. The third-order valence-electron chi connectivity index (χ3n) is 1.99. The SMILES string of the molecule is CC1=CC(=O)N(c2nncn2C)C1=O. The summed E-state index contributed by atoms with van der Waals surface area (Å²) in [7, 11) is 1.67. The zero-order valence-corrected chi connectivity index (χ0v) is 7.76. The monoisotopic (exact) mass is 192 g/mol. The Morgan fingerprint density at radius 1 is 1.36 bits per heavy atom. The van der Waals surface area contributed by atoms with Crippen molar-refractivity contribution in [3.05, 3.63) is 18.0 Å². The maximum Gasteiger partial charge on any atom is 0.263 e. The first kappa shape index (κ1) is 8.61. The lowest BCUT2D eigenvalue weighted by molar-refractivity contribution is -0.120. The number of carbonyl (C=O) groups is 2. The molecule has 0 atom stereocenters. The summed E-state index contributed by atoms with van der Waals surface area (Å²) < 4.78 is 1.52. The summed E-state index contributed by atoms with van der Waals surface area (Å²) in [6, 6.07) is 0. The van der Waals surface area contributed by atoms with Gasteiger partial charge in [0.2, 0.25) is 5.95 Å². The van der Waals surface area contributed by atoms with Crippen molar-refractivity contribution in [2.45, 2.75) is 6.92 Å². The minimum absolute atomic E-state index is 0.244. The lowest BCUT2D eigenvalue weighted by Crippen LogP contribution is -2.32. The number of rotatable bonds is 1. The molecule has 0 unspecified atom stereocenters. The van der Waals surface area contributed by atoms with Crippen molar-refractivity contribution in [2.24, 2.45) is 7.05 Å². The van der Waals surface area contributed by atoms with Crippen LogP contribution in [0.4, 0.5) is 5.95 Å².